The standard InChI is InChI=1S/C15H12O.Na/c1-2-9-15-13(16-15)8-7-12-10-5-3-4-6-11(10)14(12)15;/h2-8,13H,1,9H2;. The number of hydrogen-bond donors (Lipinski definition) is 0. The van der Waals surface area contributed by atoms with Crippen LogP contribution in [0.15, 0.2) is 49.1 Å². The first-order valence-electron chi connectivity index (χ1n) is 5.68. The molecule has 0 N–H and O–H groups in total. The van der Waals surface area contributed by atoms with Gasteiger partial charge in [-0.15, -0.1) is 6.58 Å². The molecule has 2 atom stereocenters. The monoisotopic (exact) mass is 231 g/mol. The molecule has 0 aromatic heterocycles. The van der Waals surface area contributed by atoms with Crippen LogP contribution in [0.25, 0.3) is 11.1 Å². The molecule has 2 aliphatic carbocycles. The van der Waals surface area contributed by atoms with Crippen LogP contribution in [0.2, 0.25) is 0 Å². The summed E-state index contributed by atoms with van der Waals surface area (Å²) in [6.45, 7) is 3.84. The van der Waals surface area contributed by atoms with Gasteiger partial charge in [0.05, 0.1) is 0 Å². The van der Waals surface area contributed by atoms with Gasteiger partial charge >= 0.3 is 0 Å². The molecule has 79 valence electrons. The second-order valence-electron chi connectivity index (χ2n) is 4.61. The van der Waals surface area contributed by atoms with Crippen LogP contribution in [0, 0.1) is 0 Å². The Balaban J connectivity index is 0.000000902. The van der Waals surface area contributed by atoms with E-state index in [0.717, 1.165) is 6.42 Å². The van der Waals surface area contributed by atoms with Gasteiger partial charge in [0.15, 0.2) is 0 Å². The van der Waals surface area contributed by atoms with Crippen LogP contribution < -0.4 is 0 Å². The quantitative estimate of drug-likeness (QED) is 0.433. The van der Waals surface area contributed by atoms with Crippen LogP contribution in [0.3, 0.4) is 0 Å². The number of hydrogen-bond acceptors (Lipinski definition) is 1. The Morgan fingerprint density at radius 3 is 2.82 bits per heavy atom. The SMILES string of the molecule is C=CCC12OC1C=CC1=C2c2ccccc21.[Na]. The number of ether oxygens (including phenoxy) is 1. The summed E-state index contributed by atoms with van der Waals surface area (Å²) < 4.78 is 5.88. The second kappa shape index (κ2) is 3.69. The third-order valence-corrected chi connectivity index (χ3v) is 3.80. The number of fused-ring (bicyclic) bond motifs is 5. The fraction of sp³-hybridized carbons (Fsp3) is 0.200. The van der Waals surface area contributed by atoms with E-state index in [1.807, 2.05) is 6.08 Å². The molecule has 0 saturated carbocycles. The molecule has 2 heteroatoms. The van der Waals surface area contributed by atoms with Gasteiger partial charge in [-0.2, -0.15) is 0 Å². The van der Waals surface area contributed by atoms with Gasteiger partial charge in [0, 0.05) is 41.6 Å². The summed E-state index contributed by atoms with van der Waals surface area (Å²) >= 11 is 0. The molecular formula is C15H12NaO. The number of epoxide rings is 1. The molecule has 2 unspecified atom stereocenters. The summed E-state index contributed by atoms with van der Waals surface area (Å²) in [5, 5.41) is 0. The molecule has 0 amide bonds. The van der Waals surface area contributed by atoms with Crippen molar-refractivity contribution in [2.45, 2.75) is 18.1 Å². The Hall–Kier alpha value is -0.600. The van der Waals surface area contributed by atoms with Crippen LogP contribution in [0.5, 0.6) is 0 Å². The van der Waals surface area contributed by atoms with Crippen molar-refractivity contribution in [1.82, 2.24) is 0 Å². The largest absolute Gasteiger partial charge is 0.356 e. The first-order chi connectivity index (χ1) is 7.87. The van der Waals surface area contributed by atoms with Gasteiger partial charge in [0.1, 0.15) is 11.7 Å². The van der Waals surface area contributed by atoms with E-state index in [4.69, 9.17) is 4.74 Å². The fourth-order valence-corrected chi connectivity index (χ4v) is 3.04. The van der Waals surface area contributed by atoms with Crippen molar-refractivity contribution in [2.75, 3.05) is 0 Å². The molecule has 1 aromatic rings. The van der Waals surface area contributed by atoms with Crippen molar-refractivity contribution >= 4 is 40.7 Å². The maximum Gasteiger partial charge on any atom is 0.128 e. The summed E-state index contributed by atoms with van der Waals surface area (Å²) in [5.74, 6) is 0. The molecule has 0 spiro atoms. The van der Waals surface area contributed by atoms with Crippen LogP contribution in [-0.4, -0.2) is 41.3 Å². The first-order valence-corrected chi connectivity index (χ1v) is 5.68. The number of benzene rings is 1. The predicted octanol–water partition coefficient (Wildman–Crippen LogP) is 2.81. The average Bonchev–Trinajstić information content (AvgIpc) is 2.97. The van der Waals surface area contributed by atoms with E-state index in [1.54, 1.807) is 0 Å². The van der Waals surface area contributed by atoms with Crippen molar-refractivity contribution in [3.8, 4) is 0 Å². The van der Waals surface area contributed by atoms with Gasteiger partial charge in [0.2, 0.25) is 0 Å². The minimum atomic E-state index is -0.0693. The minimum Gasteiger partial charge on any atom is -0.356 e. The summed E-state index contributed by atoms with van der Waals surface area (Å²) in [4.78, 5) is 0. The van der Waals surface area contributed by atoms with Gasteiger partial charge in [-0.25, -0.2) is 0 Å². The zero-order valence-electron chi connectivity index (χ0n) is 9.94. The molecule has 1 saturated heterocycles. The molecule has 1 aliphatic heterocycles. The van der Waals surface area contributed by atoms with Crippen LogP contribution in [0.4, 0.5) is 0 Å². The predicted molar refractivity (Wildman–Crippen MR) is 70.6 cm³/mol. The Kier molecular flexibility index (Phi) is 2.50. The normalized spacial score (nSPS) is 30.5. The van der Waals surface area contributed by atoms with E-state index in [9.17, 15) is 0 Å². The molecule has 1 nitrogen and oxygen atoms in total. The Morgan fingerprint density at radius 2 is 2.06 bits per heavy atom. The smallest absolute Gasteiger partial charge is 0.128 e. The van der Waals surface area contributed by atoms with Crippen LogP contribution >= 0.6 is 0 Å². The summed E-state index contributed by atoms with van der Waals surface area (Å²) in [5.41, 5.74) is 5.43. The average molecular weight is 231 g/mol. The van der Waals surface area contributed by atoms with E-state index in [-0.39, 0.29) is 41.3 Å². The van der Waals surface area contributed by atoms with Gasteiger partial charge in [0.25, 0.3) is 0 Å². The third-order valence-electron chi connectivity index (χ3n) is 3.80. The van der Waals surface area contributed by atoms with Gasteiger partial charge in [-0.3, -0.25) is 0 Å². The first kappa shape index (κ1) is 11.5. The van der Waals surface area contributed by atoms with Gasteiger partial charge in [-0.1, -0.05) is 42.5 Å². The molecule has 1 radical (unpaired) electrons. The molecule has 0 bridgehead atoms. The van der Waals surface area contributed by atoms with Crippen molar-refractivity contribution in [2.24, 2.45) is 0 Å². The Morgan fingerprint density at radius 1 is 1.29 bits per heavy atom. The number of rotatable bonds is 2. The van der Waals surface area contributed by atoms with Crippen molar-refractivity contribution in [3.05, 3.63) is 60.2 Å². The molecule has 17 heavy (non-hydrogen) atoms. The van der Waals surface area contributed by atoms with Gasteiger partial charge in [-0.05, 0) is 16.7 Å². The topological polar surface area (TPSA) is 12.5 Å². The second-order valence-corrected chi connectivity index (χ2v) is 4.61. The molecule has 1 heterocycles. The summed E-state index contributed by atoms with van der Waals surface area (Å²) in [6, 6.07) is 8.57. The van der Waals surface area contributed by atoms with E-state index in [2.05, 4.69) is 43.0 Å². The van der Waals surface area contributed by atoms with Gasteiger partial charge < -0.3 is 4.74 Å². The zero-order valence-corrected chi connectivity index (χ0v) is 11.9. The zero-order chi connectivity index (χ0) is 10.8. The fourth-order valence-electron chi connectivity index (χ4n) is 3.04. The Labute approximate surface area is 123 Å². The summed E-state index contributed by atoms with van der Waals surface area (Å²) in [6.07, 6.45) is 7.53. The van der Waals surface area contributed by atoms with Crippen LogP contribution in [-0.2, 0) is 4.74 Å². The van der Waals surface area contributed by atoms with E-state index < -0.39 is 0 Å². The maximum atomic E-state index is 5.88. The summed E-state index contributed by atoms with van der Waals surface area (Å²) in [7, 11) is 0. The van der Waals surface area contributed by atoms with E-state index in [0.29, 0.717) is 0 Å². The van der Waals surface area contributed by atoms with Crippen LogP contribution in [0.1, 0.15) is 17.5 Å². The van der Waals surface area contributed by atoms with Crippen molar-refractivity contribution in [3.63, 3.8) is 0 Å². The molecule has 4 rings (SSSR count). The van der Waals surface area contributed by atoms with Crippen molar-refractivity contribution < 1.29 is 4.74 Å². The molecule has 3 aliphatic rings. The minimum absolute atomic E-state index is 0. The van der Waals surface area contributed by atoms with E-state index >= 15 is 0 Å². The maximum absolute atomic E-state index is 5.88. The Bertz CT molecular complexity index is 570. The molecular weight excluding hydrogens is 219 g/mol. The molecule has 1 fully saturated rings. The number of allylic oxidation sites excluding steroid dienone is 2. The van der Waals surface area contributed by atoms with E-state index in [1.165, 1.54) is 22.3 Å². The third kappa shape index (κ3) is 1.28. The molecule has 1 aromatic carbocycles. The van der Waals surface area contributed by atoms with Crippen molar-refractivity contribution in [1.29, 1.82) is 0 Å².